The van der Waals surface area contributed by atoms with E-state index < -0.39 is 0 Å². The summed E-state index contributed by atoms with van der Waals surface area (Å²) in [6, 6.07) is 19.5. The van der Waals surface area contributed by atoms with Crippen LogP contribution >= 0.6 is 22.9 Å². The van der Waals surface area contributed by atoms with Crippen molar-refractivity contribution in [2.45, 2.75) is 6.92 Å². The molecule has 8 heteroatoms. The molecule has 0 amide bonds. The van der Waals surface area contributed by atoms with Crippen LogP contribution in [-0.4, -0.2) is 28.7 Å². The third-order valence-corrected chi connectivity index (χ3v) is 6.66. The Labute approximate surface area is 199 Å². The number of rotatable bonds is 5. The van der Waals surface area contributed by atoms with E-state index in [9.17, 15) is 5.26 Å². The van der Waals surface area contributed by atoms with Crippen molar-refractivity contribution in [1.82, 2.24) is 15.0 Å². The first-order valence-corrected chi connectivity index (χ1v) is 11.4. The molecular formula is C25H17ClN4O2S. The number of hydrogen-bond acceptors (Lipinski definition) is 7. The van der Waals surface area contributed by atoms with Crippen LogP contribution in [0.1, 0.15) is 12.5 Å². The van der Waals surface area contributed by atoms with E-state index in [0.717, 1.165) is 22.1 Å². The van der Waals surface area contributed by atoms with E-state index in [1.165, 1.54) is 11.3 Å². The molecule has 0 aliphatic heterocycles. The van der Waals surface area contributed by atoms with Crippen LogP contribution in [0.3, 0.4) is 0 Å². The summed E-state index contributed by atoms with van der Waals surface area (Å²) in [4.78, 5) is 14.8. The topological polar surface area (TPSA) is 80.9 Å². The molecule has 0 atom stereocenters. The maximum absolute atomic E-state index is 10.1. The Morgan fingerprint density at radius 3 is 2.52 bits per heavy atom. The number of para-hydroxylation sites is 1. The molecule has 0 saturated heterocycles. The second kappa shape index (κ2) is 8.66. The fourth-order valence-corrected chi connectivity index (χ4v) is 5.09. The van der Waals surface area contributed by atoms with Gasteiger partial charge in [-0.2, -0.15) is 5.26 Å². The predicted octanol–water partition coefficient (Wildman–Crippen LogP) is 6.51. The number of halogens is 1. The molecular weight excluding hydrogens is 456 g/mol. The highest BCUT2D eigenvalue weighted by molar-refractivity contribution is 7.26. The SMILES string of the molecule is CCOc1nc2sc3c(Cl)nc(-c4ccccc4OC)nc3c2c(-c2ccccc2)c1C#N. The predicted molar refractivity (Wildman–Crippen MR) is 131 cm³/mol. The Kier molecular flexibility index (Phi) is 5.55. The van der Waals surface area contributed by atoms with Crippen molar-refractivity contribution in [1.29, 1.82) is 5.26 Å². The van der Waals surface area contributed by atoms with Gasteiger partial charge >= 0.3 is 0 Å². The fourth-order valence-electron chi connectivity index (χ4n) is 3.80. The largest absolute Gasteiger partial charge is 0.496 e. The number of benzene rings is 2. The maximum Gasteiger partial charge on any atom is 0.233 e. The number of hydrogen-bond donors (Lipinski definition) is 0. The molecule has 0 N–H and O–H groups in total. The van der Waals surface area contributed by atoms with Crippen LogP contribution in [-0.2, 0) is 0 Å². The van der Waals surface area contributed by atoms with Gasteiger partial charge in [-0.05, 0) is 24.6 Å². The highest BCUT2D eigenvalue weighted by Crippen LogP contribution is 2.45. The molecule has 0 spiro atoms. The number of nitriles is 1. The zero-order valence-electron chi connectivity index (χ0n) is 17.8. The Morgan fingerprint density at radius 2 is 1.79 bits per heavy atom. The minimum Gasteiger partial charge on any atom is -0.496 e. The smallest absolute Gasteiger partial charge is 0.233 e. The van der Waals surface area contributed by atoms with Gasteiger partial charge in [-0.25, -0.2) is 15.0 Å². The first-order chi connectivity index (χ1) is 16.2. The van der Waals surface area contributed by atoms with Crippen molar-refractivity contribution in [3.8, 4) is 40.2 Å². The van der Waals surface area contributed by atoms with Crippen LogP contribution in [0, 0.1) is 11.3 Å². The van der Waals surface area contributed by atoms with Crippen molar-refractivity contribution < 1.29 is 9.47 Å². The summed E-state index contributed by atoms with van der Waals surface area (Å²) in [5, 5.41) is 11.1. The van der Waals surface area contributed by atoms with E-state index in [2.05, 4.69) is 16.0 Å². The van der Waals surface area contributed by atoms with Gasteiger partial charge in [-0.1, -0.05) is 54.1 Å². The summed E-state index contributed by atoms with van der Waals surface area (Å²) in [6.07, 6.45) is 0. The first kappa shape index (κ1) is 21.1. The molecule has 0 bridgehead atoms. The molecule has 2 aromatic carbocycles. The van der Waals surface area contributed by atoms with Gasteiger partial charge in [0, 0.05) is 10.9 Å². The van der Waals surface area contributed by atoms with Crippen LogP contribution < -0.4 is 9.47 Å². The van der Waals surface area contributed by atoms with Gasteiger partial charge < -0.3 is 9.47 Å². The van der Waals surface area contributed by atoms with Crippen LogP contribution in [0.4, 0.5) is 0 Å². The zero-order valence-corrected chi connectivity index (χ0v) is 19.4. The van der Waals surface area contributed by atoms with Crippen molar-refractivity contribution in [2.24, 2.45) is 0 Å². The fraction of sp³-hybridized carbons (Fsp3) is 0.120. The lowest BCUT2D eigenvalue weighted by atomic mass is 9.98. The van der Waals surface area contributed by atoms with E-state index in [4.69, 9.17) is 26.1 Å². The number of methoxy groups -OCH3 is 1. The van der Waals surface area contributed by atoms with Gasteiger partial charge in [0.25, 0.3) is 0 Å². The molecule has 162 valence electrons. The van der Waals surface area contributed by atoms with Crippen molar-refractivity contribution in [3.63, 3.8) is 0 Å². The summed E-state index contributed by atoms with van der Waals surface area (Å²) in [7, 11) is 1.60. The first-order valence-electron chi connectivity index (χ1n) is 10.2. The molecule has 0 saturated carbocycles. The quantitative estimate of drug-likeness (QED) is 0.271. The lowest BCUT2D eigenvalue weighted by molar-refractivity contribution is 0.327. The highest BCUT2D eigenvalue weighted by Gasteiger charge is 2.24. The Morgan fingerprint density at radius 1 is 1.03 bits per heavy atom. The summed E-state index contributed by atoms with van der Waals surface area (Å²) in [5.41, 5.74) is 3.32. The lowest BCUT2D eigenvalue weighted by Crippen LogP contribution is -2.00. The van der Waals surface area contributed by atoms with Crippen LogP contribution in [0.5, 0.6) is 11.6 Å². The minimum atomic E-state index is 0.298. The Balaban J connectivity index is 1.92. The average Bonchev–Trinajstić information content (AvgIpc) is 3.22. The summed E-state index contributed by atoms with van der Waals surface area (Å²) in [5.74, 6) is 1.38. The van der Waals surface area contributed by atoms with E-state index in [0.29, 0.717) is 49.8 Å². The summed E-state index contributed by atoms with van der Waals surface area (Å²) < 4.78 is 11.9. The van der Waals surface area contributed by atoms with E-state index in [1.54, 1.807) is 7.11 Å². The molecule has 0 aliphatic rings. The number of fused-ring (bicyclic) bond motifs is 3. The molecule has 3 aromatic heterocycles. The van der Waals surface area contributed by atoms with Crippen LogP contribution in [0.15, 0.2) is 54.6 Å². The van der Waals surface area contributed by atoms with E-state index in [-0.39, 0.29) is 0 Å². The van der Waals surface area contributed by atoms with E-state index >= 15 is 0 Å². The van der Waals surface area contributed by atoms with Gasteiger partial charge in [0.15, 0.2) is 11.0 Å². The monoisotopic (exact) mass is 472 g/mol. The van der Waals surface area contributed by atoms with Crippen molar-refractivity contribution in [2.75, 3.05) is 13.7 Å². The van der Waals surface area contributed by atoms with Crippen LogP contribution in [0.2, 0.25) is 5.15 Å². The summed E-state index contributed by atoms with van der Waals surface area (Å²) in [6.45, 7) is 2.26. The molecule has 5 rings (SSSR count). The van der Waals surface area contributed by atoms with Gasteiger partial charge in [0.1, 0.15) is 22.2 Å². The average molecular weight is 473 g/mol. The lowest BCUT2D eigenvalue weighted by Gasteiger charge is -2.12. The molecule has 0 unspecified atom stereocenters. The van der Waals surface area contributed by atoms with E-state index in [1.807, 2.05) is 61.5 Å². The van der Waals surface area contributed by atoms with Gasteiger partial charge in [0.2, 0.25) is 5.88 Å². The third-order valence-electron chi connectivity index (χ3n) is 5.19. The number of thiophene rings is 1. The maximum atomic E-state index is 10.1. The molecule has 5 aromatic rings. The third kappa shape index (κ3) is 3.54. The van der Waals surface area contributed by atoms with Gasteiger partial charge in [-0.3, -0.25) is 0 Å². The zero-order chi connectivity index (χ0) is 22.9. The summed E-state index contributed by atoms with van der Waals surface area (Å²) >= 11 is 8.03. The molecule has 3 heterocycles. The second-order valence-corrected chi connectivity index (χ2v) is 8.43. The van der Waals surface area contributed by atoms with Gasteiger partial charge in [-0.15, -0.1) is 11.3 Å². The minimum absolute atomic E-state index is 0.298. The molecule has 0 fully saturated rings. The molecule has 0 radical (unpaired) electrons. The number of aromatic nitrogens is 3. The molecule has 33 heavy (non-hydrogen) atoms. The van der Waals surface area contributed by atoms with Crippen molar-refractivity contribution >= 4 is 43.4 Å². The number of nitrogens with zero attached hydrogens (tertiary/aromatic N) is 4. The van der Waals surface area contributed by atoms with Crippen molar-refractivity contribution in [3.05, 3.63) is 65.3 Å². The highest BCUT2D eigenvalue weighted by atomic mass is 35.5. The number of pyridine rings is 1. The molecule has 0 aliphatic carbocycles. The second-order valence-electron chi connectivity index (χ2n) is 7.08. The van der Waals surface area contributed by atoms with Gasteiger partial charge in [0.05, 0.1) is 29.5 Å². The Bertz CT molecular complexity index is 1540. The Hall–Kier alpha value is -3.73. The van der Waals surface area contributed by atoms with Crippen LogP contribution in [0.25, 0.3) is 42.9 Å². The standard InChI is InChI=1S/C25H17ClN4O2S/c1-3-32-24-16(13-27)18(14-9-5-4-6-10-14)19-20-21(33-25(19)30-24)22(26)29-23(28-20)15-11-7-8-12-17(15)31-2/h4-12H,3H2,1-2H3. The number of ether oxygens (including phenoxy) is 2. The molecule has 6 nitrogen and oxygen atoms in total. The normalized spacial score (nSPS) is 11.0.